The predicted octanol–water partition coefficient (Wildman–Crippen LogP) is 0.612. The molecule has 0 bridgehead atoms. The topological polar surface area (TPSA) is 116 Å². The number of hydrogen-bond donors (Lipinski definition) is 2. The molecule has 3 N–H and O–H groups in total. The molecule has 92 valence electrons. The number of esters is 1. The quantitative estimate of drug-likeness (QED) is 0.457. The van der Waals surface area contributed by atoms with E-state index in [0.717, 1.165) is 13.2 Å². The molecule has 0 fully saturated rings. The number of phenolic OH excluding ortho intramolecular Hbond substituents is 1. The number of non-ortho nitro benzene ring substituents is 1. The van der Waals surface area contributed by atoms with E-state index < -0.39 is 39.8 Å². The van der Waals surface area contributed by atoms with Crippen molar-refractivity contribution in [3.05, 3.63) is 33.6 Å². The van der Waals surface area contributed by atoms with Crippen LogP contribution >= 0.6 is 0 Å². The summed E-state index contributed by atoms with van der Waals surface area (Å²) >= 11 is 0. The zero-order valence-corrected chi connectivity index (χ0v) is 8.71. The van der Waals surface area contributed by atoms with E-state index >= 15 is 0 Å². The zero-order valence-electron chi connectivity index (χ0n) is 8.71. The van der Waals surface area contributed by atoms with E-state index in [1.807, 2.05) is 0 Å². The van der Waals surface area contributed by atoms with Crippen LogP contribution in [0.25, 0.3) is 0 Å². The lowest BCUT2D eigenvalue weighted by Crippen LogP contribution is -2.23. The van der Waals surface area contributed by atoms with Crippen LogP contribution in [-0.4, -0.2) is 23.1 Å². The van der Waals surface area contributed by atoms with Gasteiger partial charge in [0.1, 0.15) is 6.04 Å². The molecule has 1 rings (SSSR count). The summed E-state index contributed by atoms with van der Waals surface area (Å²) in [6.07, 6.45) is 0. The van der Waals surface area contributed by atoms with Gasteiger partial charge >= 0.3 is 5.97 Å². The summed E-state index contributed by atoms with van der Waals surface area (Å²) in [5.74, 6) is -3.08. The molecule has 0 aliphatic rings. The minimum absolute atomic E-state index is 0.399. The molecule has 0 spiro atoms. The summed E-state index contributed by atoms with van der Waals surface area (Å²) < 4.78 is 17.5. The molecule has 0 saturated heterocycles. The average Bonchev–Trinajstić information content (AvgIpc) is 2.30. The largest absolute Gasteiger partial charge is 0.505 e. The van der Waals surface area contributed by atoms with Crippen LogP contribution in [0, 0.1) is 15.9 Å². The van der Waals surface area contributed by atoms with Crippen LogP contribution in [0.1, 0.15) is 11.6 Å². The Morgan fingerprint density at radius 1 is 1.65 bits per heavy atom. The fraction of sp³-hybridized carbons (Fsp3) is 0.222. The van der Waals surface area contributed by atoms with E-state index in [4.69, 9.17) is 5.73 Å². The van der Waals surface area contributed by atoms with Crippen molar-refractivity contribution in [3.63, 3.8) is 0 Å². The lowest BCUT2D eigenvalue weighted by molar-refractivity contribution is -0.385. The number of carbonyl (C=O) groups is 1. The first kappa shape index (κ1) is 12.8. The van der Waals surface area contributed by atoms with Crippen molar-refractivity contribution in [2.45, 2.75) is 6.04 Å². The molecule has 0 unspecified atom stereocenters. The van der Waals surface area contributed by atoms with Crippen LogP contribution in [0.4, 0.5) is 10.1 Å². The molecule has 0 amide bonds. The van der Waals surface area contributed by atoms with Crippen LogP contribution in [-0.2, 0) is 9.53 Å². The second-order valence-corrected chi connectivity index (χ2v) is 3.12. The van der Waals surface area contributed by atoms with Gasteiger partial charge in [0.2, 0.25) is 0 Å². The third-order valence-corrected chi connectivity index (χ3v) is 2.08. The highest BCUT2D eigenvalue weighted by atomic mass is 19.1. The number of aromatic hydroxyl groups is 1. The van der Waals surface area contributed by atoms with Gasteiger partial charge in [-0.25, -0.2) is 4.39 Å². The molecule has 0 heterocycles. The van der Waals surface area contributed by atoms with Crippen molar-refractivity contribution in [1.82, 2.24) is 0 Å². The van der Waals surface area contributed by atoms with Gasteiger partial charge in [0.15, 0.2) is 11.6 Å². The maximum absolute atomic E-state index is 13.2. The third kappa shape index (κ3) is 2.48. The number of benzene rings is 1. The van der Waals surface area contributed by atoms with E-state index in [-0.39, 0.29) is 0 Å². The van der Waals surface area contributed by atoms with Crippen molar-refractivity contribution in [1.29, 1.82) is 0 Å². The van der Waals surface area contributed by atoms with Crippen molar-refractivity contribution in [2.24, 2.45) is 5.73 Å². The number of carbonyl (C=O) groups excluding carboxylic acids is 1. The van der Waals surface area contributed by atoms with E-state index in [1.165, 1.54) is 0 Å². The Morgan fingerprint density at radius 2 is 2.24 bits per heavy atom. The van der Waals surface area contributed by atoms with Crippen molar-refractivity contribution >= 4 is 11.7 Å². The lowest BCUT2D eigenvalue weighted by atomic mass is 10.1. The number of hydrogen-bond acceptors (Lipinski definition) is 6. The number of methoxy groups -OCH3 is 1. The molecule has 1 atom stereocenters. The van der Waals surface area contributed by atoms with Gasteiger partial charge in [-0.2, -0.15) is 0 Å². The average molecular weight is 244 g/mol. The van der Waals surface area contributed by atoms with E-state index in [1.54, 1.807) is 0 Å². The number of nitro groups is 1. The van der Waals surface area contributed by atoms with E-state index in [2.05, 4.69) is 4.74 Å². The molecular weight excluding hydrogens is 235 g/mol. The van der Waals surface area contributed by atoms with Gasteiger partial charge in [0, 0.05) is 11.6 Å². The van der Waals surface area contributed by atoms with Gasteiger partial charge in [-0.1, -0.05) is 0 Å². The third-order valence-electron chi connectivity index (χ3n) is 2.08. The highest BCUT2D eigenvalue weighted by Gasteiger charge is 2.25. The molecule has 0 aliphatic heterocycles. The standard InChI is InChI=1S/C9H9FN2O5/c1-17-9(14)7(11)5-2-4(12(15)16)3-6(10)8(5)13/h2-3,7,13H,11H2,1H3/t7-/m0/s1. The van der Waals surface area contributed by atoms with Crippen molar-refractivity contribution in [2.75, 3.05) is 7.11 Å². The Bertz CT molecular complexity index is 477. The molecule has 0 radical (unpaired) electrons. The normalized spacial score (nSPS) is 11.9. The molecule has 0 saturated carbocycles. The van der Waals surface area contributed by atoms with E-state index in [0.29, 0.717) is 6.07 Å². The minimum atomic E-state index is -1.49. The summed E-state index contributed by atoms with van der Waals surface area (Å²) in [5, 5.41) is 19.8. The van der Waals surface area contributed by atoms with Crippen molar-refractivity contribution < 1.29 is 24.0 Å². The fourth-order valence-electron chi connectivity index (χ4n) is 1.20. The van der Waals surface area contributed by atoms with Crippen LogP contribution in [0.15, 0.2) is 12.1 Å². The monoisotopic (exact) mass is 244 g/mol. The number of nitrogens with zero attached hydrogens (tertiary/aromatic N) is 1. The second-order valence-electron chi connectivity index (χ2n) is 3.12. The Morgan fingerprint density at radius 3 is 2.71 bits per heavy atom. The molecule has 0 aromatic heterocycles. The van der Waals surface area contributed by atoms with Crippen LogP contribution in [0.2, 0.25) is 0 Å². The number of phenols is 1. The fourth-order valence-corrected chi connectivity index (χ4v) is 1.20. The smallest absolute Gasteiger partial charge is 0.327 e. The molecule has 1 aromatic carbocycles. The molecule has 7 nitrogen and oxygen atoms in total. The first-order chi connectivity index (χ1) is 7.88. The Labute approximate surface area is 94.8 Å². The minimum Gasteiger partial charge on any atom is -0.505 e. The summed E-state index contributed by atoms with van der Waals surface area (Å²) in [4.78, 5) is 20.7. The molecule has 17 heavy (non-hydrogen) atoms. The van der Waals surface area contributed by atoms with Gasteiger partial charge in [-0.15, -0.1) is 0 Å². The number of halogens is 1. The number of nitrogens with two attached hydrogens (primary N) is 1. The SMILES string of the molecule is COC(=O)[C@@H](N)c1cc([N+](=O)[O-])cc(F)c1O. The van der Waals surface area contributed by atoms with Crippen molar-refractivity contribution in [3.8, 4) is 5.75 Å². The second kappa shape index (κ2) is 4.74. The first-order valence-electron chi connectivity index (χ1n) is 4.38. The predicted molar refractivity (Wildman–Crippen MR) is 53.7 cm³/mol. The van der Waals surface area contributed by atoms with Gasteiger partial charge in [-0.05, 0) is 0 Å². The maximum Gasteiger partial charge on any atom is 0.327 e. The van der Waals surface area contributed by atoms with Gasteiger partial charge in [0.25, 0.3) is 5.69 Å². The summed E-state index contributed by atoms with van der Waals surface area (Å²) in [6, 6.07) is -0.141. The van der Waals surface area contributed by atoms with E-state index in [9.17, 15) is 24.4 Å². The van der Waals surface area contributed by atoms with Gasteiger partial charge in [-0.3, -0.25) is 14.9 Å². The first-order valence-corrected chi connectivity index (χ1v) is 4.38. The molecule has 8 heteroatoms. The summed E-state index contributed by atoms with van der Waals surface area (Å²) in [7, 11) is 1.05. The number of nitro benzene ring substituents is 1. The zero-order chi connectivity index (χ0) is 13.2. The highest BCUT2D eigenvalue weighted by Crippen LogP contribution is 2.31. The molecule has 1 aromatic rings. The van der Waals surface area contributed by atoms with Gasteiger partial charge < -0.3 is 15.6 Å². The Hall–Kier alpha value is -2.22. The Balaban J connectivity index is 3.31. The summed E-state index contributed by atoms with van der Waals surface area (Å²) in [6.45, 7) is 0. The summed E-state index contributed by atoms with van der Waals surface area (Å²) in [5.41, 5.74) is 4.35. The number of ether oxygens (including phenoxy) is 1. The lowest BCUT2D eigenvalue weighted by Gasteiger charge is -2.11. The highest BCUT2D eigenvalue weighted by molar-refractivity contribution is 5.78. The van der Waals surface area contributed by atoms with Crippen LogP contribution in [0.5, 0.6) is 5.75 Å². The maximum atomic E-state index is 13.2. The Kier molecular flexibility index (Phi) is 3.59. The molecular formula is C9H9FN2O5. The van der Waals surface area contributed by atoms with Gasteiger partial charge in [0.05, 0.1) is 18.1 Å². The van der Waals surface area contributed by atoms with Crippen LogP contribution in [0.3, 0.4) is 0 Å². The molecule has 0 aliphatic carbocycles. The van der Waals surface area contributed by atoms with Crippen LogP contribution < -0.4 is 5.73 Å². The number of rotatable bonds is 3.